The number of carbonyl (C=O) groups excluding carboxylic acids is 1. The van der Waals surface area contributed by atoms with Crippen LogP contribution in [0.2, 0.25) is 0 Å². The van der Waals surface area contributed by atoms with Crippen LogP contribution in [0.15, 0.2) is 76.7 Å². The van der Waals surface area contributed by atoms with E-state index in [2.05, 4.69) is 15.8 Å². The van der Waals surface area contributed by atoms with E-state index in [1.54, 1.807) is 31.2 Å². The molecule has 33 heavy (non-hydrogen) atoms. The third-order valence-electron chi connectivity index (χ3n) is 4.63. The first-order valence-electron chi connectivity index (χ1n) is 10.1. The highest BCUT2D eigenvalue weighted by Crippen LogP contribution is 2.31. The van der Waals surface area contributed by atoms with Crippen molar-refractivity contribution in [3.8, 4) is 11.5 Å². The molecule has 0 aliphatic carbocycles. The molecule has 0 fully saturated rings. The molecule has 0 aromatic heterocycles. The fourth-order valence-electron chi connectivity index (χ4n) is 2.93. The molecule has 0 saturated heterocycles. The van der Waals surface area contributed by atoms with E-state index < -0.39 is 10.1 Å². The molecule has 0 unspecified atom stereocenters. The number of hydrazone groups is 1. The molecule has 3 aromatic carbocycles. The van der Waals surface area contributed by atoms with E-state index in [1.165, 1.54) is 19.4 Å². The molecule has 0 spiro atoms. The molecule has 0 aliphatic heterocycles. The maximum atomic E-state index is 12.8. The lowest BCUT2D eigenvalue weighted by Crippen LogP contribution is -2.25. The van der Waals surface area contributed by atoms with Crippen LogP contribution in [0.3, 0.4) is 0 Å². The van der Waals surface area contributed by atoms with Gasteiger partial charge in [-0.2, -0.15) is 13.5 Å². The van der Waals surface area contributed by atoms with Crippen molar-refractivity contribution in [2.24, 2.45) is 5.10 Å². The average molecular weight is 468 g/mol. The molecule has 2 N–H and O–H groups in total. The summed E-state index contributed by atoms with van der Waals surface area (Å²) < 4.78 is 36.2. The van der Waals surface area contributed by atoms with Crippen molar-refractivity contribution in [3.63, 3.8) is 0 Å². The van der Waals surface area contributed by atoms with Crippen LogP contribution in [0, 0.1) is 13.8 Å². The SMILES string of the molecule is COc1cc(/C=N/NC(=O)CNc2ccccc2)ccc1OS(=O)(=O)c1cc(C)ccc1C. The molecule has 9 heteroatoms. The number of nitrogens with one attached hydrogen (secondary N) is 2. The first kappa shape index (κ1) is 23.8. The topological polar surface area (TPSA) is 106 Å². The fraction of sp³-hybridized carbons (Fsp3) is 0.167. The van der Waals surface area contributed by atoms with Crippen molar-refractivity contribution in [2.75, 3.05) is 19.0 Å². The Morgan fingerprint density at radius 3 is 2.48 bits per heavy atom. The van der Waals surface area contributed by atoms with E-state index in [4.69, 9.17) is 8.92 Å². The number of methoxy groups -OCH3 is 1. The predicted molar refractivity (Wildman–Crippen MR) is 127 cm³/mol. The van der Waals surface area contributed by atoms with E-state index in [1.807, 2.05) is 43.3 Å². The summed E-state index contributed by atoms with van der Waals surface area (Å²) in [6, 6.07) is 19.1. The summed E-state index contributed by atoms with van der Waals surface area (Å²) in [5, 5.41) is 6.91. The molecule has 0 aliphatic rings. The number of benzene rings is 3. The molecule has 8 nitrogen and oxygen atoms in total. The Hall–Kier alpha value is -3.85. The number of anilines is 1. The zero-order chi connectivity index (χ0) is 23.8. The second-order valence-corrected chi connectivity index (χ2v) is 8.74. The number of ether oxygens (including phenoxy) is 1. The molecule has 0 saturated carbocycles. The maximum Gasteiger partial charge on any atom is 0.339 e. The van der Waals surface area contributed by atoms with E-state index in [0.29, 0.717) is 11.1 Å². The van der Waals surface area contributed by atoms with Crippen LogP contribution in [0.25, 0.3) is 0 Å². The number of hydrogen-bond acceptors (Lipinski definition) is 7. The minimum Gasteiger partial charge on any atom is -0.493 e. The molecule has 1 amide bonds. The van der Waals surface area contributed by atoms with E-state index in [0.717, 1.165) is 11.3 Å². The molecule has 0 bridgehead atoms. The van der Waals surface area contributed by atoms with Crippen LogP contribution in [-0.4, -0.2) is 34.2 Å². The van der Waals surface area contributed by atoms with Crippen molar-refractivity contribution in [2.45, 2.75) is 18.7 Å². The maximum absolute atomic E-state index is 12.8. The summed E-state index contributed by atoms with van der Waals surface area (Å²) in [7, 11) is -2.64. The molecule has 0 radical (unpaired) electrons. The Morgan fingerprint density at radius 1 is 1.00 bits per heavy atom. The summed E-state index contributed by atoms with van der Waals surface area (Å²) in [6.45, 7) is 3.58. The van der Waals surface area contributed by atoms with Gasteiger partial charge in [-0.15, -0.1) is 0 Å². The number of carbonyl (C=O) groups is 1. The summed E-state index contributed by atoms with van der Waals surface area (Å²) in [4.78, 5) is 12.0. The zero-order valence-electron chi connectivity index (χ0n) is 18.5. The normalized spacial score (nSPS) is 11.2. The highest BCUT2D eigenvalue weighted by Gasteiger charge is 2.21. The highest BCUT2D eigenvalue weighted by atomic mass is 32.2. The van der Waals surface area contributed by atoms with Gasteiger partial charge in [0, 0.05) is 5.69 Å². The van der Waals surface area contributed by atoms with Gasteiger partial charge >= 0.3 is 10.1 Å². The van der Waals surface area contributed by atoms with Crippen LogP contribution in [0.1, 0.15) is 16.7 Å². The van der Waals surface area contributed by atoms with Crippen LogP contribution in [0.4, 0.5) is 5.69 Å². The van der Waals surface area contributed by atoms with Crippen LogP contribution < -0.4 is 19.7 Å². The summed E-state index contributed by atoms with van der Waals surface area (Å²) in [5.41, 5.74) is 5.23. The van der Waals surface area contributed by atoms with Crippen molar-refractivity contribution in [1.29, 1.82) is 0 Å². The molecular formula is C24H25N3O5S. The standard InChI is InChI=1S/C24H25N3O5S/c1-17-9-10-18(2)23(13-17)33(29,30)32-21-12-11-19(14-22(21)31-3)15-26-27-24(28)16-25-20-7-5-4-6-8-20/h4-15,25H,16H2,1-3H3,(H,27,28)/b26-15+. The van der Waals surface area contributed by atoms with E-state index in [9.17, 15) is 13.2 Å². The fourth-order valence-corrected chi connectivity index (χ4v) is 4.19. The zero-order valence-corrected chi connectivity index (χ0v) is 19.3. The van der Waals surface area contributed by atoms with Crippen molar-refractivity contribution >= 4 is 27.9 Å². The van der Waals surface area contributed by atoms with Gasteiger partial charge in [0.05, 0.1) is 19.9 Å². The van der Waals surface area contributed by atoms with Gasteiger partial charge in [-0.3, -0.25) is 4.79 Å². The van der Waals surface area contributed by atoms with Gasteiger partial charge in [0.15, 0.2) is 11.5 Å². The second-order valence-electron chi connectivity index (χ2n) is 7.23. The quantitative estimate of drug-likeness (QED) is 0.283. The summed E-state index contributed by atoms with van der Waals surface area (Å²) in [5.74, 6) is -0.0572. The molecular weight excluding hydrogens is 442 g/mol. The van der Waals surface area contributed by atoms with Gasteiger partial charge in [-0.1, -0.05) is 30.3 Å². The van der Waals surface area contributed by atoms with Gasteiger partial charge in [-0.05, 0) is 66.9 Å². The number of hydrogen-bond donors (Lipinski definition) is 2. The first-order valence-corrected chi connectivity index (χ1v) is 11.5. The smallest absolute Gasteiger partial charge is 0.339 e. The van der Waals surface area contributed by atoms with Gasteiger partial charge in [-0.25, -0.2) is 5.43 Å². The molecule has 3 aromatic rings. The number of aryl methyl sites for hydroxylation is 2. The third-order valence-corrected chi connectivity index (χ3v) is 6.01. The summed E-state index contributed by atoms with van der Waals surface area (Å²) in [6.07, 6.45) is 1.42. The third kappa shape index (κ3) is 6.56. The molecule has 172 valence electrons. The summed E-state index contributed by atoms with van der Waals surface area (Å²) >= 11 is 0. The van der Waals surface area contributed by atoms with Gasteiger partial charge in [0.2, 0.25) is 0 Å². The Kier molecular flexibility index (Phi) is 7.68. The number of amides is 1. The van der Waals surface area contributed by atoms with E-state index >= 15 is 0 Å². The molecule has 0 heterocycles. The first-order chi connectivity index (χ1) is 15.8. The lowest BCUT2D eigenvalue weighted by Gasteiger charge is -2.13. The Balaban J connectivity index is 1.65. The minimum absolute atomic E-state index is 0.0478. The highest BCUT2D eigenvalue weighted by molar-refractivity contribution is 7.87. The largest absolute Gasteiger partial charge is 0.493 e. The molecule has 0 atom stereocenters. The lowest BCUT2D eigenvalue weighted by molar-refractivity contribution is -0.119. The van der Waals surface area contributed by atoms with Crippen molar-refractivity contribution < 1.29 is 22.1 Å². The number of nitrogens with zero attached hydrogens (tertiary/aromatic N) is 1. The monoisotopic (exact) mass is 467 g/mol. The number of rotatable bonds is 9. The lowest BCUT2D eigenvalue weighted by atomic mass is 10.2. The van der Waals surface area contributed by atoms with Gasteiger partial charge < -0.3 is 14.2 Å². The van der Waals surface area contributed by atoms with Gasteiger partial charge in [0.25, 0.3) is 5.91 Å². The van der Waals surface area contributed by atoms with Crippen molar-refractivity contribution in [3.05, 3.63) is 83.4 Å². The predicted octanol–water partition coefficient (Wildman–Crippen LogP) is 3.64. The van der Waals surface area contributed by atoms with Crippen LogP contribution in [0.5, 0.6) is 11.5 Å². The Labute approximate surface area is 193 Å². The van der Waals surface area contributed by atoms with Crippen LogP contribution in [-0.2, 0) is 14.9 Å². The van der Waals surface area contributed by atoms with E-state index in [-0.39, 0.29) is 28.8 Å². The van der Waals surface area contributed by atoms with Crippen molar-refractivity contribution in [1.82, 2.24) is 5.43 Å². The van der Waals surface area contributed by atoms with Crippen LogP contribution >= 0.6 is 0 Å². The Bertz CT molecular complexity index is 1260. The number of para-hydroxylation sites is 1. The average Bonchev–Trinajstić information content (AvgIpc) is 2.80. The second kappa shape index (κ2) is 10.6. The molecule has 3 rings (SSSR count). The van der Waals surface area contributed by atoms with Gasteiger partial charge in [0.1, 0.15) is 4.90 Å². The minimum atomic E-state index is -4.05. The Morgan fingerprint density at radius 2 is 1.76 bits per heavy atom.